The van der Waals surface area contributed by atoms with Crippen LogP contribution in [0, 0.1) is 5.92 Å². The molecular weight excluding hydrogens is 370 g/mol. The number of esters is 1. The smallest absolute Gasteiger partial charge is 0.387 e. The maximum atomic E-state index is 12.4. The van der Waals surface area contributed by atoms with E-state index in [1.54, 1.807) is 36.4 Å². The van der Waals surface area contributed by atoms with E-state index >= 15 is 0 Å². The number of ether oxygens (including phenoxy) is 2. The van der Waals surface area contributed by atoms with Gasteiger partial charge in [0.15, 0.2) is 0 Å². The molecule has 2 aromatic carbocycles. The molecule has 8 heteroatoms. The normalized spacial score (nSPS) is 13.1. The summed E-state index contributed by atoms with van der Waals surface area (Å²) in [7, 11) is 0. The van der Waals surface area contributed by atoms with Crippen molar-refractivity contribution in [2.45, 2.75) is 19.5 Å². The van der Waals surface area contributed by atoms with Crippen LogP contribution in [0.3, 0.4) is 0 Å². The quantitative estimate of drug-likeness (QED) is 0.639. The Balaban J connectivity index is 1.58. The Morgan fingerprint density at radius 2 is 1.79 bits per heavy atom. The lowest BCUT2D eigenvalue weighted by Crippen LogP contribution is -2.31. The minimum absolute atomic E-state index is 0.0382. The van der Waals surface area contributed by atoms with E-state index in [4.69, 9.17) is 4.74 Å². The standard InChI is InChI=1S/C20H20F2N2O4/c21-20(22)28-15-9-7-14(8-10-15)24-17-4-2-1-3-16(17)19(26)23-11-18(25)27-12-13-5-6-13/h1-4,7-10,13,20,24H,5-6,11-12H2,(H,23,26). The molecule has 0 aliphatic heterocycles. The summed E-state index contributed by atoms with van der Waals surface area (Å²) in [6.07, 6.45) is 2.15. The predicted octanol–water partition coefficient (Wildman–Crippen LogP) is 3.71. The lowest BCUT2D eigenvalue weighted by molar-refractivity contribution is -0.142. The lowest BCUT2D eigenvalue weighted by Gasteiger charge is -2.13. The van der Waals surface area contributed by atoms with Crippen molar-refractivity contribution in [2.24, 2.45) is 5.92 Å². The van der Waals surface area contributed by atoms with Gasteiger partial charge in [-0.05, 0) is 55.2 Å². The van der Waals surface area contributed by atoms with Gasteiger partial charge in [0.25, 0.3) is 5.91 Å². The number of halogens is 2. The maximum Gasteiger partial charge on any atom is 0.387 e. The molecule has 1 aliphatic carbocycles. The molecule has 0 bridgehead atoms. The third-order valence-corrected chi connectivity index (χ3v) is 4.10. The Bertz CT molecular complexity index is 823. The molecule has 0 unspecified atom stereocenters. The first-order valence-corrected chi connectivity index (χ1v) is 8.86. The number of alkyl halides is 2. The second-order valence-corrected chi connectivity index (χ2v) is 6.38. The fourth-order valence-electron chi connectivity index (χ4n) is 2.46. The van der Waals surface area contributed by atoms with E-state index < -0.39 is 18.5 Å². The summed E-state index contributed by atoms with van der Waals surface area (Å²) in [5.41, 5.74) is 1.44. The van der Waals surface area contributed by atoms with Gasteiger partial charge in [0.2, 0.25) is 0 Å². The van der Waals surface area contributed by atoms with Gasteiger partial charge in [-0.25, -0.2) is 0 Å². The van der Waals surface area contributed by atoms with Crippen LogP contribution in [0.15, 0.2) is 48.5 Å². The van der Waals surface area contributed by atoms with E-state index in [1.807, 2.05) is 0 Å². The van der Waals surface area contributed by atoms with Gasteiger partial charge >= 0.3 is 12.6 Å². The Hall–Kier alpha value is -3.16. The highest BCUT2D eigenvalue weighted by atomic mass is 19.3. The van der Waals surface area contributed by atoms with Crippen molar-refractivity contribution in [1.82, 2.24) is 5.32 Å². The van der Waals surface area contributed by atoms with Gasteiger partial charge in [0.1, 0.15) is 12.3 Å². The summed E-state index contributed by atoms with van der Waals surface area (Å²) in [5, 5.41) is 5.59. The van der Waals surface area contributed by atoms with Crippen molar-refractivity contribution in [2.75, 3.05) is 18.5 Å². The third kappa shape index (κ3) is 5.94. The minimum Gasteiger partial charge on any atom is -0.464 e. The molecule has 1 fully saturated rings. The maximum absolute atomic E-state index is 12.4. The van der Waals surface area contributed by atoms with E-state index in [9.17, 15) is 18.4 Å². The van der Waals surface area contributed by atoms with E-state index in [-0.39, 0.29) is 12.3 Å². The predicted molar refractivity (Wildman–Crippen MR) is 98.8 cm³/mol. The zero-order valence-electron chi connectivity index (χ0n) is 15.0. The molecule has 28 heavy (non-hydrogen) atoms. The van der Waals surface area contributed by atoms with Crippen LogP contribution in [-0.4, -0.2) is 31.6 Å². The number of nitrogens with one attached hydrogen (secondary N) is 2. The van der Waals surface area contributed by atoms with Crippen LogP contribution in [0.5, 0.6) is 5.75 Å². The van der Waals surface area contributed by atoms with Crippen LogP contribution in [-0.2, 0) is 9.53 Å². The highest BCUT2D eigenvalue weighted by Crippen LogP contribution is 2.28. The molecule has 0 saturated heterocycles. The molecule has 1 amide bonds. The summed E-state index contributed by atoms with van der Waals surface area (Å²) < 4.78 is 33.8. The topological polar surface area (TPSA) is 76.7 Å². The number of benzene rings is 2. The lowest BCUT2D eigenvalue weighted by atomic mass is 10.1. The van der Waals surface area contributed by atoms with Gasteiger partial charge in [-0.1, -0.05) is 12.1 Å². The molecule has 3 rings (SSSR count). The van der Waals surface area contributed by atoms with Crippen molar-refractivity contribution < 1.29 is 27.8 Å². The van der Waals surface area contributed by atoms with E-state index in [0.29, 0.717) is 29.5 Å². The number of rotatable bonds is 9. The van der Waals surface area contributed by atoms with Crippen LogP contribution in [0.2, 0.25) is 0 Å². The summed E-state index contributed by atoms with van der Waals surface area (Å²) in [6, 6.07) is 12.7. The summed E-state index contributed by atoms with van der Waals surface area (Å²) in [6.45, 7) is -2.70. The number of anilines is 2. The van der Waals surface area contributed by atoms with Gasteiger partial charge in [0.05, 0.1) is 17.9 Å². The summed E-state index contributed by atoms with van der Waals surface area (Å²) >= 11 is 0. The Kier molecular flexibility index (Phi) is 6.41. The molecule has 2 aromatic rings. The second kappa shape index (κ2) is 9.16. The zero-order chi connectivity index (χ0) is 19.9. The number of carbonyl (C=O) groups is 2. The van der Waals surface area contributed by atoms with Gasteiger partial charge in [-0.3, -0.25) is 9.59 Å². The number of carbonyl (C=O) groups excluding carboxylic acids is 2. The Labute approximate surface area is 160 Å². The largest absolute Gasteiger partial charge is 0.464 e. The third-order valence-electron chi connectivity index (χ3n) is 4.10. The molecule has 0 spiro atoms. The molecule has 0 radical (unpaired) electrons. The fraction of sp³-hybridized carbons (Fsp3) is 0.300. The molecule has 6 nitrogen and oxygen atoms in total. The molecule has 0 atom stereocenters. The van der Waals surface area contributed by atoms with Crippen LogP contribution in [0.4, 0.5) is 20.2 Å². The van der Waals surface area contributed by atoms with Gasteiger partial charge in [-0.2, -0.15) is 8.78 Å². The van der Waals surface area contributed by atoms with Crippen LogP contribution < -0.4 is 15.4 Å². The summed E-state index contributed by atoms with van der Waals surface area (Å²) in [4.78, 5) is 24.1. The Morgan fingerprint density at radius 1 is 1.07 bits per heavy atom. The second-order valence-electron chi connectivity index (χ2n) is 6.38. The molecule has 1 saturated carbocycles. The summed E-state index contributed by atoms with van der Waals surface area (Å²) in [5.74, 6) is -0.400. The van der Waals surface area contributed by atoms with E-state index in [1.165, 1.54) is 12.1 Å². The zero-order valence-corrected chi connectivity index (χ0v) is 15.0. The fourth-order valence-corrected chi connectivity index (χ4v) is 2.46. The molecule has 0 aromatic heterocycles. The monoisotopic (exact) mass is 390 g/mol. The highest BCUT2D eigenvalue weighted by Gasteiger charge is 2.23. The number of hydrogen-bond donors (Lipinski definition) is 2. The van der Waals surface area contributed by atoms with Crippen molar-refractivity contribution in [3.05, 3.63) is 54.1 Å². The SMILES string of the molecule is O=C(CNC(=O)c1ccccc1Nc1ccc(OC(F)F)cc1)OCC1CC1. The van der Waals surface area contributed by atoms with Crippen molar-refractivity contribution in [3.8, 4) is 5.75 Å². The molecular formula is C20H20F2N2O4. The van der Waals surface area contributed by atoms with Crippen molar-refractivity contribution in [3.63, 3.8) is 0 Å². The van der Waals surface area contributed by atoms with Gasteiger partial charge < -0.3 is 20.1 Å². The average molecular weight is 390 g/mol. The van der Waals surface area contributed by atoms with Crippen molar-refractivity contribution >= 4 is 23.3 Å². The van der Waals surface area contributed by atoms with Gasteiger partial charge in [0, 0.05) is 5.69 Å². The first-order valence-electron chi connectivity index (χ1n) is 8.86. The first kappa shape index (κ1) is 19.6. The van der Waals surface area contributed by atoms with E-state index in [2.05, 4.69) is 15.4 Å². The Morgan fingerprint density at radius 3 is 2.46 bits per heavy atom. The van der Waals surface area contributed by atoms with E-state index in [0.717, 1.165) is 12.8 Å². The highest BCUT2D eigenvalue weighted by molar-refractivity contribution is 6.01. The average Bonchev–Trinajstić information content (AvgIpc) is 3.50. The molecule has 1 aliphatic rings. The van der Waals surface area contributed by atoms with Crippen LogP contribution in [0.1, 0.15) is 23.2 Å². The van der Waals surface area contributed by atoms with Crippen LogP contribution >= 0.6 is 0 Å². The molecule has 0 heterocycles. The van der Waals surface area contributed by atoms with Crippen LogP contribution in [0.25, 0.3) is 0 Å². The number of amides is 1. The number of para-hydroxylation sites is 1. The molecule has 148 valence electrons. The number of hydrogen-bond acceptors (Lipinski definition) is 5. The van der Waals surface area contributed by atoms with Gasteiger partial charge in [-0.15, -0.1) is 0 Å². The first-order chi connectivity index (χ1) is 13.5. The molecule has 2 N–H and O–H groups in total. The van der Waals surface area contributed by atoms with Crippen molar-refractivity contribution in [1.29, 1.82) is 0 Å². The minimum atomic E-state index is -2.89.